The van der Waals surface area contributed by atoms with Crippen molar-refractivity contribution >= 4 is 9.84 Å². The lowest BCUT2D eigenvalue weighted by Crippen LogP contribution is -2.21. The predicted molar refractivity (Wildman–Crippen MR) is 64.1 cm³/mol. The van der Waals surface area contributed by atoms with E-state index in [2.05, 4.69) is 12.2 Å². The number of hydrogen-bond acceptors (Lipinski definition) is 4. The van der Waals surface area contributed by atoms with Gasteiger partial charge in [0.15, 0.2) is 0 Å². The van der Waals surface area contributed by atoms with Gasteiger partial charge in [-0.25, -0.2) is 8.42 Å². The molecule has 0 aliphatic carbocycles. The standard InChI is InChI=1S/C11H19NO3S/c1-3-4-10-5-6-11(15-10)9-12-7-8-16(2,13)14/h5-6,12H,3-4,7-9H2,1-2H3. The van der Waals surface area contributed by atoms with Gasteiger partial charge in [-0.3, -0.25) is 0 Å². The van der Waals surface area contributed by atoms with Crippen molar-refractivity contribution in [3.05, 3.63) is 23.7 Å². The second-order valence-corrected chi connectivity index (χ2v) is 6.18. The van der Waals surface area contributed by atoms with E-state index in [1.807, 2.05) is 12.1 Å². The van der Waals surface area contributed by atoms with E-state index in [9.17, 15) is 8.42 Å². The SMILES string of the molecule is CCCc1ccc(CNCCS(C)(=O)=O)o1. The van der Waals surface area contributed by atoms with Crippen molar-refractivity contribution in [2.24, 2.45) is 0 Å². The molecule has 0 unspecified atom stereocenters. The molecule has 5 heteroatoms. The summed E-state index contributed by atoms with van der Waals surface area (Å²) in [5, 5.41) is 3.04. The zero-order valence-corrected chi connectivity index (χ0v) is 10.6. The molecule has 0 aliphatic heterocycles. The van der Waals surface area contributed by atoms with E-state index < -0.39 is 9.84 Å². The van der Waals surface area contributed by atoms with Gasteiger partial charge in [-0.05, 0) is 18.6 Å². The molecule has 0 amide bonds. The summed E-state index contributed by atoms with van der Waals surface area (Å²) < 4.78 is 27.3. The highest BCUT2D eigenvalue weighted by Gasteiger charge is 2.03. The summed E-state index contributed by atoms with van der Waals surface area (Å²) in [6, 6.07) is 3.90. The van der Waals surface area contributed by atoms with Crippen LogP contribution in [0.15, 0.2) is 16.5 Å². The number of sulfone groups is 1. The van der Waals surface area contributed by atoms with E-state index in [-0.39, 0.29) is 5.75 Å². The molecule has 1 aromatic heterocycles. The van der Waals surface area contributed by atoms with E-state index in [1.54, 1.807) is 0 Å². The summed E-state index contributed by atoms with van der Waals surface area (Å²) in [5.41, 5.74) is 0. The van der Waals surface area contributed by atoms with Gasteiger partial charge in [-0.15, -0.1) is 0 Å². The lowest BCUT2D eigenvalue weighted by molar-refractivity contribution is 0.447. The first-order valence-electron chi connectivity index (χ1n) is 5.47. The summed E-state index contributed by atoms with van der Waals surface area (Å²) >= 11 is 0. The van der Waals surface area contributed by atoms with E-state index in [1.165, 1.54) is 6.26 Å². The van der Waals surface area contributed by atoms with Gasteiger partial charge in [0.1, 0.15) is 21.4 Å². The maximum atomic E-state index is 10.9. The number of hydrogen-bond donors (Lipinski definition) is 1. The first kappa shape index (κ1) is 13.3. The van der Waals surface area contributed by atoms with Gasteiger partial charge >= 0.3 is 0 Å². The molecule has 0 saturated heterocycles. The molecule has 1 N–H and O–H groups in total. The van der Waals surface area contributed by atoms with E-state index in [0.29, 0.717) is 13.1 Å². The third-order valence-corrected chi connectivity index (χ3v) is 3.11. The monoisotopic (exact) mass is 245 g/mol. The van der Waals surface area contributed by atoms with Crippen molar-refractivity contribution in [2.45, 2.75) is 26.3 Å². The molecule has 0 radical (unpaired) electrons. The highest BCUT2D eigenvalue weighted by Crippen LogP contribution is 2.09. The number of furan rings is 1. The second kappa shape index (κ2) is 6.06. The molecule has 0 bridgehead atoms. The van der Waals surface area contributed by atoms with Crippen LogP contribution < -0.4 is 5.32 Å². The third kappa shape index (κ3) is 5.32. The largest absolute Gasteiger partial charge is 0.465 e. The number of aryl methyl sites for hydroxylation is 1. The van der Waals surface area contributed by atoms with Crippen LogP contribution in [0.25, 0.3) is 0 Å². The molecular formula is C11H19NO3S. The average Bonchev–Trinajstić information content (AvgIpc) is 2.60. The van der Waals surface area contributed by atoms with Crippen LogP contribution >= 0.6 is 0 Å². The molecule has 0 aliphatic rings. The average molecular weight is 245 g/mol. The van der Waals surface area contributed by atoms with Gasteiger partial charge in [-0.2, -0.15) is 0 Å². The Labute approximate surface area is 97.0 Å². The van der Waals surface area contributed by atoms with Gasteiger partial charge in [0.05, 0.1) is 12.3 Å². The van der Waals surface area contributed by atoms with Crippen molar-refractivity contribution in [1.82, 2.24) is 5.32 Å². The van der Waals surface area contributed by atoms with Crippen molar-refractivity contribution in [1.29, 1.82) is 0 Å². The van der Waals surface area contributed by atoms with Gasteiger partial charge < -0.3 is 9.73 Å². The summed E-state index contributed by atoms with van der Waals surface area (Å²) in [6.45, 7) is 3.15. The Morgan fingerprint density at radius 2 is 2.00 bits per heavy atom. The minimum Gasteiger partial charge on any atom is -0.465 e. The van der Waals surface area contributed by atoms with Gasteiger partial charge in [0.2, 0.25) is 0 Å². The molecular weight excluding hydrogens is 226 g/mol. The lowest BCUT2D eigenvalue weighted by atomic mass is 10.3. The van der Waals surface area contributed by atoms with Crippen LogP contribution in [0.1, 0.15) is 24.9 Å². The minimum absolute atomic E-state index is 0.162. The molecule has 0 atom stereocenters. The van der Waals surface area contributed by atoms with E-state index >= 15 is 0 Å². The Kier molecular flexibility index (Phi) is 5.02. The molecule has 1 heterocycles. The third-order valence-electron chi connectivity index (χ3n) is 2.16. The first-order valence-corrected chi connectivity index (χ1v) is 7.53. The fourth-order valence-electron chi connectivity index (χ4n) is 1.37. The maximum Gasteiger partial charge on any atom is 0.148 e. The van der Waals surface area contributed by atoms with Crippen LogP contribution in [0.3, 0.4) is 0 Å². The molecule has 0 fully saturated rings. The minimum atomic E-state index is -2.88. The Bertz CT molecular complexity index is 409. The molecule has 1 rings (SSSR count). The highest BCUT2D eigenvalue weighted by molar-refractivity contribution is 7.90. The maximum absolute atomic E-state index is 10.9. The van der Waals surface area contributed by atoms with Crippen LogP contribution in [0.5, 0.6) is 0 Å². The Morgan fingerprint density at radius 1 is 1.31 bits per heavy atom. The van der Waals surface area contributed by atoms with Crippen molar-refractivity contribution in [3.63, 3.8) is 0 Å². The molecule has 16 heavy (non-hydrogen) atoms. The second-order valence-electron chi connectivity index (χ2n) is 3.92. The summed E-state index contributed by atoms with van der Waals surface area (Å²) in [6.07, 6.45) is 3.25. The topological polar surface area (TPSA) is 59.3 Å². The van der Waals surface area contributed by atoms with Crippen LogP contribution in [-0.2, 0) is 22.8 Å². The van der Waals surface area contributed by atoms with Crippen molar-refractivity contribution in [2.75, 3.05) is 18.6 Å². The van der Waals surface area contributed by atoms with Crippen LogP contribution in [0.2, 0.25) is 0 Å². The number of nitrogens with one attached hydrogen (secondary N) is 1. The van der Waals surface area contributed by atoms with E-state index in [4.69, 9.17) is 4.42 Å². The molecule has 0 aromatic carbocycles. The Balaban J connectivity index is 2.26. The molecule has 92 valence electrons. The van der Waals surface area contributed by atoms with E-state index in [0.717, 1.165) is 24.4 Å². The quantitative estimate of drug-likeness (QED) is 0.737. The summed E-state index contributed by atoms with van der Waals surface area (Å²) in [7, 11) is -2.88. The predicted octanol–water partition coefficient (Wildman–Crippen LogP) is 1.37. The molecule has 4 nitrogen and oxygen atoms in total. The van der Waals surface area contributed by atoms with Crippen LogP contribution in [0.4, 0.5) is 0 Å². The first-order chi connectivity index (χ1) is 7.51. The van der Waals surface area contributed by atoms with Crippen molar-refractivity contribution < 1.29 is 12.8 Å². The molecule has 0 spiro atoms. The lowest BCUT2D eigenvalue weighted by Gasteiger charge is -2.01. The summed E-state index contributed by atoms with van der Waals surface area (Å²) in [5.74, 6) is 2.01. The number of rotatable bonds is 7. The highest BCUT2D eigenvalue weighted by atomic mass is 32.2. The Morgan fingerprint density at radius 3 is 2.62 bits per heavy atom. The fourth-order valence-corrected chi connectivity index (χ4v) is 1.88. The van der Waals surface area contributed by atoms with Gasteiger partial charge in [0.25, 0.3) is 0 Å². The zero-order chi connectivity index (χ0) is 12.0. The Hall–Kier alpha value is -0.810. The molecule has 1 aromatic rings. The summed E-state index contributed by atoms with van der Waals surface area (Å²) in [4.78, 5) is 0. The zero-order valence-electron chi connectivity index (χ0n) is 9.82. The van der Waals surface area contributed by atoms with Crippen molar-refractivity contribution in [3.8, 4) is 0 Å². The van der Waals surface area contributed by atoms with Gasteiger partial charge in [0, 0.05) is 19.2 Å². The van der Waals surface area contributed by atoms with Crippen LogP contribution in [-0.4, -0.2) is 27.0 Å². The molecule has 0 saturated carbocycles. The van der Waals surface area contributed by atoms with Crippen LogP contribution in [0, 0.1) is 0 Å². The normalized spacial score (nSPS) is 11.9. The smallest absolute Gasteiger partial charge is 0.148 e. The fraction of sp³-hybridized carbons (Fsp3) is 0.636. The van der Waals surface area contributed by atoms with Gasteiger partial charge in [-0.1, -0.05) is 6.92 Å².